The summed E-state index contributed by atoms with van der Waals surface area (Å²) in [5, 5.41) is 8.58. The predicted octanol–water partition coefficient (Wildman–Crippen LogP) is 3.45. The maximum Gasteiger partial charge on any atom is 0.238 e. The number of aliphatic imine (C=N–C) groups is 1. The molecule has 0 amide bonds. The van der Waals surface area contributed by atoms with Gasteiger partial charge in [0.05, 0.1) is 10.4 Å². The van der Waals surface area contributed by atoms with E-state index in [0.717, 1.165) is 36.3 Å². The molecule has 5 nitrogen and oxygen atoms in total. The lowest BCUT2D eigenvalue weighted by Gasteiger charge is -2.38. The van der Waals surface area contributed by atoms with Crippen LogP contribution in [0.5, 0.6) is 0 Å². The lowest BCUT2D eigenvalue weighted by Crippen LogP contribution is -2.39. The predicted molar refractivity (Wildman–Crippen MR) is 104 cm³/mol. The van der Waals surface area contributed by atoms with Crippen LogP contribution < -0.4 is 10.5 Å². The number of nitrogens with zero attached hydrogens (tertiary/aromatic N) is 1. The molecule has 1 saturated carbocycles. The van der Waals surface area contributed by atoms with Crippen LogP contribution in [-0.4, -0.2) is 19.8 Å². The standard InChI is InChI=1S/C20H23N3O2S/c21-26(24,25)17-10-8-16(9-11-17)22-19-18-7-3-2-6-15(18)14-20(23-19)12-4-1-5-13-20/h2-3,6-11H,1,4-5,12-14H2,(H,22,23)(H2,21,24,25). The van der Waals surface area contributed by atoms with Gasteiger partial charge in [-0.2, -0.15) is 0 Å². The summed E-state index contributed by atoms with van der Waals surface area (Å²) in [6.45, 7) is 0. The topological polar surface area (TPSA) is 84.5 Å². The highest BCUT2D eigenvalue weighted by Crippen LogP contribution is 2.38. The zero-order valence-electron chi connectivity index (χ0n) is 14.6. The highest BCUT2D eigenvalue weighted by atomic mass is 32.2. The van der Waals surface area contributed by atoms with Gasteiger partial charge in [-0.15, -0.1) is 0 Å². The van der Waals surface area contributed by atoms with Crippen LogP contribution in [0.1, 0.15) is 43.2 Å². The number of primary sulfonamides is 1. The van der Waals surface area contributed by atoms with Crippen LogP contribution in [0.25, 0.3) is 0 Å². The molecule has 0 unspecified atom stereocenters. The Hall–Kier alpha value is -2.18. The number of nitrogens with two attached hydrogens (primary N) is 1. The van der Waals surface area contributed by atoms with E-state index in [1.165, 1.54) is 37.0 Å². The zero-order chi connectivity index (χ0) is 18.2. The fourth-order valence-corrected chi connectivity index (χ4v) is 4.57. The number of hydrogen-bond donors (Lipinski definition) is 2. The van der Waals surface area contributed by atoms with Gasteiger partial charge in [-0.25, -0.2) is 13.6 Å². The van der Waals surface area contributed by atoms with Gasteiger partial charge in [0, 0.05) is 11.3 Å². The summed E-state index contributed by atoms with van der Waals surface area (Å²) in [6.07, 6.45) is 6.98. The first-order valence-electron chi connectivity index (χ1n) is 9.03. The molecule has 1 aliphatic heterocycles. The van der Waals surface area contributed by atoms with Gasteiger partial charge in [-0.1, -0.05) is 43.5 Å². The Kier molecular flexibility index (Phi) is 4.32. The van der Waals surface area contributed by atoms with Crippen molar-refractivity contribution in [2.24, 2.45) is 10.1 Å². The van der Waals surface area contributed by atoms with Crippen molar-refractivity contribution < 1.29 is 8.42 Å². The number of amidine groups is 1. The molecule has 0 atom stereocenters. The molecule has 0 bridgehead atoms. The van der Waals surface area contributed by atoms with E-state index in [-0.39, 0.29) is 10.4 Å². The molecule has 2 aromatic rings. The normalized spacial score (nSPS) is 18.9. The molecule has 1 fully saturated rings. The Morgan fingerprint density at radius 3 is 2.35 bits per heavy atom. The molecule has 1 aliphatic carbocycles. The molecular formula is C20H23N3O2S. The van der Waals surface area contributed by atoms with E-state index >= 15 is 0 Å². The summed E-state index contributed by atoms with van der Waals surface area (Å²) in [7, 11) is -3.68. The lowest BCUT2D eigenvalue weighted by atomic mass is 9.75. The minimum absolute atomic E-state index is 0.00449. The molecular weight excluding hydrogens is 346 g/mol. The first kappa shape index (κ1) is 17.2. The molecule has 26 heavy (non-hydrogen) atoms. The van der Waals surface area contributed by atoms with Crippen LogP contribution in [-0.2, 0) is 16.4 Å². The second kappa shape index (κ2) is 6.52. The van der Waals surface area contributed by atoms with Crippen molar-refractivity contribution in [3.05, 3.63) is 59.7 Å². The quantitative estimate of drug-likeness (QED) is 0.850. The van der Waals surface area contributed by atoms with Crippen molar-refractivity contribution in [3.63, 3.8) is 0 Å². The average molecular weight is 369 g/mol. The van der Waals surface area contributed by atoms with Crippen LogP contribution in [0.3, 0.4) is 0 Å². The van der Waals surface area contributed by atoms with E-state index in [2.05, 4.69) is 23.5 Å². The highest BCUT2D eigenvalue weighted by Gasteiger charge is 2.36. The third kappa shape index (κ3) is 3.39. The third-order valence-corrected chi connectivity index (χ3v) is 6.30. The van der Waals surface area contributed by atoms with Gasteiger partial charge in [-0.05, 0) is 49.1 Å². The van der Waals surface area contributed by atoms with Crippen molar-refractivity contribution in [3.8, 4) is 0 Å². The first-order chi connectivity index (χ1) is 12.5. The van der Waals surface area contributed by atoms with E-state index in [0.29, 0.717) is 0 Å². The smallest absolute Gasteiger partial charge is 0.238 e. The Balaban J connectivity index is 1.68. The fraction of sp³-hybridized carbons (Fsp3) is 0.350. The monoisotopic (exact) mass is 369 g/mol. The molecule has 1 heterocycles. The van der Waals surface area contributed by atoms with Crippen molar-refractivity contribution in [2.45, 2.75) is 49.0 Å². The Morgan fingerprint density at radius 2 is 1.65 bits per heavy atom. The molecule has 6 heteroatoms. The van der Waals surface area contributed by atoms with Gasteiger partial charge in [0.1, 0.15) is 5.84 Å². The van der Waals surface area contributed by atoms with Crippen molar-refractivity contribution in [1.82, 2.24) is 0 Å². The molecule has 1 spiro atoms. The highest BCUT2D eigenvalue weighted by molar-refractivity contribution is 7.89. The largest absolute Gasteiger partial charge is 0.340 e. The van der Waals surface area contributed by atoms with E-state index in [1.807, 2.05) is 6.07 Å². The summed E-state index contributed by atoms with van der Waals surface area (Å²) in [5.41, 5.74) is 3.25. The number of hydrogen-bond acceptors (Lipinski definition) is 4. The first-order valence-corrected chi connectivity index (χ1v) is 10.6. The SMILES string of the molecule is NS(=O)(=O)c1ccc(NC2=NC3(CCCCC3)Cc3ccccc32)cc1. The van der Waals surface area contributed by atoms with E-state index < -0.39 is 10.0 Å². The number of nitrogens with one attached hydrogen (secondary N) is 1. The van der Waals surface area contributed by atoms with Crippen LogP contribution in [0.15, 0.2) is 58.4 Å². The van der Waals surface area contributed by atoms with Crippen LogP contribution in [0, 0.1) is 0 Å². The van der Waals surface area contributed by atoms with Crippen LogP contribution >= 0.6 is 0 Å². The molecule has 0 saturated heterocycles. The molecule has 2 aromatic carbocycles. The lowest BCUT2D eigenvalue weighted by molar-refractivity contribution is 0.294. The number of anilines is 1. The third-order valence-electron chi connectivity index (χ3n) is 5.37. The van der Waals surface area contributed by atoms with Gasteiger partial charge in [0.2, 0.25) is 10.0 Å². The summed E-state index contributed by atoms with van der Waals surface area (Å²) in [6, 6.07) is 14.9. The molecule has 136 valence electrons. The summed E-state index contributed by atoms with van der Waals surface area (Å²) < 4.78 is 22.9. The van der Waals surface area contributed by atoms with Crippen molar-refractivity contribution in [2.75, 3.05) is 5.32 Å². The number of benzene rings is 2. The number of fused-ring (bicyclic) bond motifs is 1. The molecule has 0 radical (unpaired) electrons. The van der Waals surface area contributed by atoms with Crippen LogP contribution in [0.4, 0.5) is 5.69 Å². The minimum Gasteiger partial charge on any atom is -0.340 e. The molecule has 3 N–H and O–H groups in total. The fourth-order valence-electron chi connectivity index (χ4n) is 4.06. The number of rotatable bonds is 2. The molecule has 2 aliphatic rings. The average Bonchev–Trinajstić information content (AvgIpc) is 2.62. The summed E-state index contributed by atoms with van der Waals surface area (Å²) in [5.74, 6) is 0.872. The molecule has 0 aromatic heterocycles. The van der Waals surface area contributed by atoms with E-state index in [4.69, 9.17) is 10.1 Å². The summed E-state index contributed by atoms with van der Waals surface area (Å²) in [4.78, 5) is 5.25. The van der Waals surface area contributed by atoms with E-state index in [9.17, 15) is 8.42 Å². The van der Waals surface area contributed by atoms with Gasteiger partial charge in [-0.3, -0.25) is 4.99 Å². The Bertz CT molecular complexity index is 943. The van der Waals surface area contributed by atoms with Gasteiger partial charge in [0.15, 0.2) is 0 Å². The molecule has 4 rings (SSSR count). The van der Waals surface area contributed by atoms with Crippen molar-refractivity contribution in [1.29, 1.82) is 0 Å². The van der Waals surface area contributed by atoms with Gasteiger partial charge < -0.3 is 5.32 Å². The van der Waals surface area contributed by atoms with Gasteiger partial charge >= 0.3 is 0 Å². The summed E-state index contributed by atoms with van der Waals surface area (Å²) >= 11 is 0. The second-order valence-corrected chi connectivity index (χ2v) is 8.84. The maximum atomic E-state index is 11.4. The second-order valence-electron chi connectivity index (χ2n) is 7.27. The minimum atomic E-state index is -3.68. The maximum absolute atomic E-state index is 11.4. The van der Waals surface area contributed by atoms with Crippen LogP contribution in [0.2, 0.25) is 0 Å². The number of sulfonamides is 1. The zero-order valence-corrected chi connectivity index (χ0v) is 15.4. The Morgan fingerprint density at radius 1 is 0.962 bits per heavy atom. The Labute approximate surface area is 154 Å². The van der Waals surface area contributed by atoms with E-state index in [1.54, 1.807) is 12.1 Å². The van der Waals surface area contributed by atoms with Gasteiger partial charge in [0.25, 0.3) is 0 Å². The van der Waals surface area contributed by atoms with Crippen molar-refractivity contribution >= 4 is 21.5 Å².